The Morgan fingerprint density at radius 2 is 2.14 bits per heavy atom. The van der Waals surface area contributed by atoms with Crippen molar-refractivity contribution in [2.24, 2.45) is 11.8 Å². The van der Waals surface area contributed by atoms with Crippen molar-refractivity contribution >= 4 is 5.91 Å². The van der Waals surface area contributed by atoms with Crippen molar-refractivity contribution in [3.05, 3.63) is 53.3 Å². The molecule has 2 aromatic rings. The molecule has 3 atom stereocenters. The molecular weight excluding hydrogens is 262 g/mol. The Morgan fingerprint density at radius 1 is 1.43 bits per heavy atom. The number of H-pyrrole nitrogens is 1. The third-order valence-corrected chi connectivity index (χ3v) is 4.29. The van der Waals surface area contributed by atoms with E-state index in [1.807, 2.05) is 31.2 Å². The molecule has 1 saturated carbocycles. The number of amides is 1. The first kappa shape index (κ1) is 13.9. The highest BCUT2D eigenvalue weighted by molar-refractivity contribution is 5.92. The molecule has 0 bridgehead atoms. The Bertz CT molecular complexity index is 620. The van der Waals surface area contributed by atoms with Crippen LogP contribution in [0.5, 0.6) is 0 Å². The highest BCUT2D eigenvalue weighted by Crippen LogP contribution is 2.46. The van der Waals surface area contributed by atoms with Crippen molar-refractivity contribution in [2.75, 3.05) is 0 Å². The second kappa shape index (κ2) is 5.72. The minimum absolute atomic E-state index is 0.0791. The number of hydrogen-bond acceptors (Lipinski definition) is 2. The molecule has 1 amide bonds. The van der Waals surface area contributed by atoms with Crippen molar-refractivity contribution in [1.82, 2.24) is 15.5 Å². The molecule has 3 unspecified atom stereocenters. The van der Waals surface area contributed by atoms with Gasteiger partial charge in [0.2, 0.25) is 0 Å². The zero-order valence-electron chi connectivity index (χ0n) is 12.5. The molecule has 21 heavy (non-hydrogen) atoms. The minimum atomic E-state index is -0.0982. The van der Waals surface area contributed by atoms with Crippen LogP contribution in [0.4, 0.5) is 0 Å². The van der Waals surface area contributed by atoms with Gasteiger partial charge in [-0.3, -0.25) is 9.89 Å². The van der Waals surface area contributed by atoms with Crippen molar-refractivity contribution in [3.8, 4) is 0 Å². The third-order valence-electron chi connectivity index (χ3n) is 4.29. The molecule has 1 aliphatic rings. The van der Waals surface area contributed by atoms with E-state index in [1.165, 1.54) is 12.0 Å². The molecule has 0 aliphatic heterocycles. The van der Waals surface area contributed by atoms with E-state index in [1.54, 1.807) is 0 Å². The zero-order valence-corrected chi connectivity index (χ0v) is 12.5. The summed E-state index contributed by atoms with van der Waals surface area (Å²) in [5, 5.41) is 10.1. The maximum Gasteiger partial charge on any atom is 0.272 e. The van der Waals surface area contributed by atoms with Gasteiger partial charge < -0.3 is 5.32 Å². The number of nitrogens with one attached hydrogen (secondary N) is 2. The quantitative estimate of drug-likeness (QED) is 0.886. The van der Waals surface area contributed by atoms with Gasteiger partial charge >= 0.3 is 0 Å². The second-order valence-corrected chi connectivity index (χ2v) is 5.87. The molecule has 1 aromatic heterocycles. The first-order valence-corrected chi connectivity index (χ1v) is 7.59. The summed E-state index contributed by atoms with van der Waals surface area (Å²) in [5.41, 5.74) is 2.63. The van der Waals surface area contributed by atoms with E-state index in [4.69, 9.17) is 0 Å². The highest BCUT2D eigenvalue weighted by Gasteiger charge is 2.41. The summed E-state index contributed by atoms with van der Waals surface area (Å²) in [6.45, 7) is 4.27. The molecule has 1 aliphatic carbocycles. The van der Waals surface area contributed by atoms with Crippen molar-refractivity contribution in [3.63, 3.8) is 0 Å². The van der Waals surface area contributed by atoms with Gasteiger partial charge in [0.05, 0.1) is 6.04 Å². The summed E-state index contributed by atoms with van der Waals surface area (Å²) < 4.78 is 0. The van der Waals surface area contributed by atoms with Crippen LogP contribution in [-0.4, -0.2) is 16.1 Å². The van der Waals surface area contributed by atoms with Crippen LogP contribution in [0.2, 0.25) is 0 Å². The smallest absolute Gasteiger partial charge is 0.272 e. The van der Waals surface area contributed by atoms with Gasteiger partial charge in [-0.05, 0) is 36.3 Å². The summed E-state index contributed by atoms with van der Waals surface area (Å²) in [6.07, 6.45) is 2.02. The Kier molecular flexibility index (Phi) is 3.78. The largest absolute Gasteiger partial charge is 0.344 e. The van der Waals surface area contributed by atoms with E-state index in [0.29, 0.717) is 17.5 Å². The second-order valence-electron chi connectivity index (χ2n) is 5.87. The van der Waals surface area contributed by atoms with Crippen molar-refractivity contribution in [1.29, 1.82) is 0 Å². The lowest BCUT2D eigenvalue weighted by Gasteiger charge is -2.18. The van der Waals surface area contributed by atoms with Crippen LogP contribution in [0.3, 0.4) is 0 Å². The number of aromatic amines is 1. The van der Waals surface area contributed by atoms with Crippen LogP contribution < -0.4 is 5.32 Å². The van der Waals surface area contributed by atoms with E-state index in [9.17, 15) is 4.79 Å². The number of aryl methyl sites for hydroxylation is 1. The lowest BCUT2D eigenvalue weighted by atomic mass is 10.0. The Labute approximate surface area is 125 Å². The number of hydrogen-bond donors (Lipinski definition) is 2. The molecule has 4 nitrogen and oxygen atoms in total. The maximum atomic E-state index is 12.4. The Morgan fingerprint density at radius 3 is 2.71 bits per heavy atom. The topological polar surface area (TPSA) is 57.8 Å². The van der Waals surface area contributed by atoms with Crippen LogP contribution >= 0.6 is 0 Å². The third kappa shape index (κ3) is 2.99. The van der Waals surface area contributed by atoms with Crippen molar-refractivity contribution < 1.29 is 4.79 Å². The van der Waals surface area contributed by atoms with Crippen LogP contribution in [-0.2, 0) is 6.42 Å². The first-order chi connectivity index (χ1) is 10.2. The van der Waals surface area contributed by atoms with Crippen LogP contribution in [0.1, 0.15) is 48.1 Å². The number of carbonyl (C=O) groups is 1. The fourth-order valence-electron chi connectivity index (χ4n) is 2.79. The molecule has 0 radical (unpaired) electrons. The van der Waals surface area contributed by atoms with Crippen molar-refractivity contribution in [2.45, 2.75) is 32.7 Å². The van der Waals surface area contributed by atoms with E-state index in [-0.39, 0.29) is 11.9 Å². The average Bonchev–Trinajstić information content (AvgIpc) is 3.04. The van der Waals surface area contributed by atoms with E-state index in [0.717, 1.165) is 12.1 Å². The van der Waals surface area contributed by atoms with E-state index in [2.05, 4.69) is 34.6 Å². The van der Waals surface area contributed by atoms with E-state index >= 15 is 0 Å². The molecule has 1 heterocycles. The summed E-state index contributed by atoms with van der Waals surface area (Å²) in [4.78, 5) is 12.4. The number of nitrogens with zero attached hydrogens (tertiary/aromatic N) is 1. The van der Waals surface area contributed by atoms with Gasteiger partial charge in [0.15, 0.2) is 0 Å². The molecular formula is C17H21N3O. The molecule has 110 valence electrons. The monoisotopic (exact) mass is 283 g/mol. The summed E-state index contributed by atoms with van der Waals surface area (Å²) in [5.74, 6) is 1.10. The standard InChI is InChI=1S/C17H21N3O/c1-3-13-10-15(20-19-13)17(21)18-16(14-9-11(14)2)12-7-5-4-6-8-12/h4-8,10-11,14,16H,3,9H2,1-2H3,(H,18,21)(H,19,20). The fraction of sp³-hybridized carbons (Fsp3) is 0.412. The Hall–Kier alpha value is -2.10. The van der Waals surface area contributed by atoms with Crippen LogP contribution in [0, 0.1) is 11.8 Å². The zero-order chi connectivity index (χ0) is 14.8. The molecule has 0 spiro atoms. The van der Waals surface area contributed by atoms with Gasteiger partial charge in [0.25, 0.3) is 5.91 Å². The minimum Gasteiger partial charge on any atom is -0.344 e. The highest BCUT2D eigenvalue weighted by atomic mass is 16.2. The number of rotatable bonds is 5. The summed E-state index contributed by atoms with van der Waals surface area (Å²) in [6, 6.07) is 12.1. The van der Waals surface area contributed by atoms with Crippen LogP contribution in [0.25, 0.3) is 0 Å². The van der Waals surface area contributed by atoms with E-state index < -0.39 is 0 Å². The maximum absolute atomic E-state index is 12.4. The molecule has 0 saturated heterocycles. The normalized spacial score (nSPS) is 21.8. The first-order valence-electron chi connectivity index (χ1n) is 7.59. The Balaban J connectivity index is 1.77. The van der Waals surface area contributed by atoms with Crippen LogP contribution in [0.15, 0.2) is 36.4 Å². The predicted molar refractivity (Wildman–Crippen MR) is 81.9 cm³/mol. The van der Waals surface area contributed by atoms with Gasteiger partial charge in [-0.15, -0.1) is 0 Å². The lowest BCUT2D eigenvalue weighted by molar-refractivity contribution is 0.0925. The predicted octanol–water partition coefficient (Wildman–Crippen LogP) is 3.10. The molecule has 3 rings (SSSR count). The average molecular weight is 283 g/mol. The molecule has 4 heteroatoms. The lowest BCUT2D eigenvalue weighted by Crippen LogP contribution is -2.30. The number of aromatic nitrogens is 2. The number of carbonyl (C=O) groups excluding carboxylic acids is 1. The molecule has 1 aromatic carbocycles. The SMILES string of the molecule is CCc1cc(C(=O)NC(c2ccccc2)C2CC2C)n[nH]1. The molecule has 2 N–H and O–H groups in total. The van der Waals surface area contributed by atoms with Gasteiger partial charge in [0, 0.05) is 5.69 Å². The molecule has 1 fully saturated rings. The van der Waals surface area contributed by atoms with Gasteiger partial charge in [0.1, 0.15) is 5.69 Å². The van der Waals surface area contributed by atoms with Gasteiger partial charge in [-0.1, -0.05) is 44.2 Å². The summed E-state index contributed by atoms with van der Waals surface area (Å²) >= 11 is 0. The fourth-order valence-corrected chi connectivity index (χ4v) is 2.79. The van der Waals surface area contributed by atoms with Gasteiger partial charge in [-0.2, -0.15) is 5.10 Å². The van der Waals surface area contributed by atoms with Gasteiger partial charge in [-0.25, -0.2) is 0 Å². The summed E-state index contributed by atoms with van der Waals surface area (Å²) in [7, 11) is 0. The number of benzene rings is 1.